The van der Waals surface area contributed by atoms with Gasteiger partial charge in [0.15, 0.2) is 0 Å². The van der Waals surface area contributed by atoms with Crippen molar-refractivity contribution in [2.75, 3.05) is 0 Å². The second kappa shape index (κ2) is 6.96. The highest BCUT2D eigenvalue weighted by Crippen LogP contribution is 2.01. The molecule has 0 spiro atoms. The van der Waals surface area contributed by atoms with Crippen LogP contribution in [0.1, 0.15) is 39.0 Å². The van der Waals surface area contributed by atoms with Crippen molar-refractivity contribution in [2.24, 2.45) is 5.73 Å². The maximum Gasteiger partial charge on any atom is 0.0192 e. The van der Waals surface area contributed by atoms with Crippen LogP contribution in [0.4, 0.5) is 0 Å². The Hall–Kier alpha value is -0.0400. The molecule has 0 aromatic rings. The minimum atomic E-state index is 1.08. The van der Waals surface area contributed by atoms with Crippen LogP contribution in [0.5, 0.6) is 0 Å². The fourth-order valence-electron chi connectivity index (χ4n) is 0.689. The molecular formula is C7H16N. The summed E-state index contributed by atoms with van der Waals surface area (Å²) < 4.78 is 0. The fraction of sp³-hybridized carbons (Fsp3) is 0.857. The number of nitrogens with two attached hydrogens (primary N) is 1. The lowest BCUT2D eigenvalue weighted by Crippen LogP contribution is -1.88. The van der Waals surface area contributed by atoms with Crippen LogP contribution in [0, 0.1) is 6.54 Å². The summed E-state index contributed by atoms with van der Waals surface area (Å²) in [6, 6.07) is 0. The van der Waals surface area contributed by atoms with Crippen molar-refractivity contribution in [2.45, 2.75) is 39.0 Å². The Bertz CT molecular complexity index is 29.4. The van der Waals surface area contributed by atoms with Gasteiger partial charge in [0.25, 0.3) is 0 Å². The highest BCUT2D eigenvalue weighted by molar-refractivity contribution is 4.52. The van der Waals surface area contributed by atoms with Gasteiger partial charge in [0.1, 0.15) is 0 Å². The zero-order chi connectivity index (χ0) is 6.24. The molecule has 0 saturated heterocycles. The maximum atomic E-state index is 5.19. The van der Waals surface area contributed by atoms with E-state index in [1.54, 1.807) is 6.54 Å². The van der Waals surface area contributed by atoms with Gasteiger partial charge in [-0.05, 0) is 6.42 Å². The molecule has 0 atom stereocenters. The summed E-state index contributed by atoms with van der Waals surface area (Å²) in [4.78, 5) is 0. The molecule has 0 unspecified atom stereocenters. The van der Waals surface area contributed by atoms with Crippen LogP contribution in [-0.4, -0.2) is 0 Å². The molecule has 0 heterocycles. The SMILES string of the molecule is CCCCCC[CH]N. The highest BCUT2D eigenvalue weighted by Gasteiger charge is 1.83. The number of rotatable bonds is 5. The average Bonchev–Trinajstić information content (AvgIpc) is 1.81. The van der Waals surface area contributed by atoms with Crippen LogP contribution >= 0.6 is 0 Å². The van der Waals surface area contributed by atoms with E-state index < -0.39 is 0 Å². The van der Waals surface area contributed by atoms with Gasteiger partial charge in [-0.25, -0.2) is 0 Å². The third-order valence-electron chi connectivity index (χ3n) is 1.22. The Morgan fingerprint density at radius 3 is 2.50 bits per heavy atom. The molecule has 0 aliphatic carbocycles. The Balaban J connectivity index is 2.53. The van der Waals surface area contributed by atoms with E-state index >= 15 is 0 Å². The molecule has 0 rings (SSSR count). The standard InChI is InChI=1S/C7H16N/c1-2-3-4-5-6-7-8/h7H,2-6,8H2,1H3. The summed E-state index contributed by atoms with van der Waals surface area (Å²) in [7, 11) is 0. The van der Waals surface area contributed by atoms with Crippen molar-refractivity contribution in [3.8, 4) is 0 Å². The Morgan fingerprint density at radius 1 is 1.25 bits per heavy atom. The topological polar surface area (TPSA) is 26.0 Å². The number of hydrogen-bond acceptors (Lipinski definition) is 1. The van der Waals surface area contributed by atoms with Crippen LogP contribution < -0.4 is 5.73 Å². The summed E-state index contributed by atoms with van der Waals surface area (Å²) in [6.45, 7) is 3.96. The molecular weight excluding hydrogens is 98.1 g/mol. The third-order valence-corrected chi connectivity index (χ3v) is 1.22. The van der Waals surface area contributed by atoms with Gasteiger partial charge in [-0.3, -0.25) is 0 Å². The lowest BCUT2D eigenvalue weighted by molar-refractivity contribution is 0.660. The first-order valence-electron chi connectivity index (χ1n) is 3.45. The third kappa shape index (κ3) is 5.96. The van der Waals surface area contributed by atoms with Gasteiger partial charge in [0.2, 0.25) is 0 Å². The van der Waals surface area contributed by atoms with Crippen molar-refractivity contribution >= 4 is 0 Å². The largest absolute Gasteiger partial charge is 0.326 e. The predicted octanol–water partition coefficient (Wildman–Crippen LogP) is 2.08. The normalized spacial score (nSPS) is 9.75. The van der Waals surface area contributed by atoms with Gasteiger partial charge < -0.3 is 5.73 Å². The molecule has 0 aromatic heterocycles. The number of unbranched alkanes of at least 4 members (excludes halogenated alkanes) is 4. The molecule has 1 heteroatoms. The van der Waals surface area contributed by atoms with Crippen molar-refractivity contribution in [3.05, 3.63) is 6.54 Å². The van der Waals surface area contributed by atoms with Crippen LogP contribution in [0.2, 0.25) is 0 Å². The monoisotopic (exact) mass is 114 g/mol. The van der Waals surface area contributed by atoms with Gasteiger partial charge in [-0.15, -0.1) is 0 Å². The van der Waals surface area contributed by atoms with Crippen LogP contribution in [0.25, 0.3) is 0 Å². The average molecular weight is 114 g/mol. The van der Waals surface area contributed by atoms with Crippen LogP contribution in [-0.2, 0) is 0 Å². The summed E-state index contributed by atoms with van der Waals surface area (Å²) >= 11 is 0. The lowest BCUT2D eigenvalue weighted by Gasteiger charge is -1.93. The predicted molar refractivity (Wildman–Crippen MR) is 37.2 cm³/mol. The molecule has 0 aliphatic rings. The van der Waals surface area contributed by atoms with Crippen LogP contribution in [0.15, 0.2) is 0 Å². The zero-order valence-electron chi connectivity index (χ0n) is 5.69. The van der Waals surface area contributed by atoms with E-state index in [9.17, 15) is 0 Å². The summed E-state index contributed by atoms with van der Waals surface area (Å²) in [5.41, 5.74) is 5.19. The summed E-state index contributed by atoms with van der Waals surface area (Å²) in [5.74, 6) is 0. The second-order valence-corrected chi connectivity index (χ2v) is 2.09. The van der Waals surface area contributed by atoms with E-state index in [0.29, 0.717) is 0 Å². The molecule has 0 amide bonds. The highest BCUT2D eigenvalue weighted by atomic mass is 14.5. The first kappa shape index (κ1) is 7.96. The van der Waals surface area contributed by atoms with E-state index in [1.807, 2.05) is 0 Å². The van der Waals surface area contributed by atoms with Crippen molar-refractivity contribution in [1.82, 2.24) is 0 Å². The van der Waals surface area contributed by atoms with Crippen LogP contribution in [0.3, 0.4) is 0 Å². The minimum absolute atomic E-state index is 1.08. The molecule has 8 heavy (non-hydrogen) atoms. The van der Waals surface area contributed by atoms with E-state index in [0.717, 1.165) is 6.42 Å². The zero-order valence-corrected chi connectivity index (χ0v) is 5.69. The van der Waals surface area contributed by atoms with Crippen molar-refractivity contribution in [3.63, 3.8) is 0 Å². The molecule has 1 radical (unpaired) electrons. The van der Waals surface area contributed by atoms with Crippen molar-refractivity contribution < 1.29 is 0 Å². The van der Waals surface area contributed by atoms with Gasteiger partial charge in [0, 0.05) is 6.54 Å². The van der Waals surface area contributed by atoms with Gasteiger partial charge in [-0.1, -0.05) is 32.6 Å². The quantitative estimate of drug-likeness (QED) is 0.544. The molecule has 49 valence electrons. The van der Waals surface area contributed by atoms with E-state index in [-0.39, 0.29) is 0 Å². The van der Waals surface area contributed by atoms with Gasteiger partial charge in [0.05, 0.1) is 0 Å². The molecule has 0 fully saturated rings. The first-order valence-corrected chi connectivity index (χ1v) is 3.45. The van der Waals surface area contributed by atoms with E-state index in [2.05, 4.69) is 6.92 Å². The molecule has 0 aromatic carbocycles. The Kier molecular flexibility index (Phi) is 6.93. The molecule has 0 bridgehead atoms. The number of hydrogen-bond donors (Lipinski definition) is 1. The minimum Gasteiger partial charge on any atom is -0.326 e. The lowest BCUT2D eigenvalue weighted by atomic mass is 10.2. The van der Waals surface area contributed by atoms with Gasteiger partial charge in [-0.2, -0.15) is 0 Å². The van der Waals surface area contributed by atoms with E-state index in [1.165, 1.54) is 25.7 Å². The molecule has 0 saturated carbocycles. The Labute approximate surface area is 52.3 Å². The summed E-state index contributed by atoms with van der Waals surface area (Å²) in [5, 5.41) is 0. The summed E-state index contributed by atoms with van der Waals surface area (Å²) in [6.07, 6.45) is 6.35. The smallest absolute Gasteiger partial charge is 0.0192 e. The molecule has 0 aliphatic heterocycles. The van der Waals surface area contributed by atoms with Crippen molar-refractivity contribution in [1.29, 1.82) is 0 Å². The van der Waals surface area contributed by atoms with E-state index in [4.69, 9.17) is 5.73 Å². The van der Waals surface area contributed by atoms with Gasteiger partial charge >= 0.3 is 0 Å². The fourth-order valence-corrected chi connectivity index (χ4v) is 0.689. The molecule has 2 N–H and O–H groups in total. The maximum absolute atomic E-state index is 5.19. The second-order valence-electron chi connectivity index (χ2n) is 2.09. The Morgan fingerprint density at radius 2 is 2.00 bits per heavy atom. The first-order chi connectivity index (χ1) is 3.91. The molecule has 1 nitrogen and oxygen atoms in total.